The highest BCUT2D eigenvalue weighted by Gasteiger charge is 2.42. The Morgan fingerprint density at radius 1 is 1.00 bits per heavy atom. The highest BCUT2D eigenvalue weighted by Crippen LogP contribution is 2.26. The Morgan fingerprint density at radius 3 is 2.27 bits per heavy atom. The number of ketones is 1. The molecule has 0 bridgehead atoms. The van der Waals surface area contributed by atoms with Crippen molar-refractivity contribution < 1.29 is 33.5 Å². The molecule has 2 rings (SSSR count). The molecule has 0 unspecified atom stereocenters. The van der Waals surface area contributed by atoms with Crippen LogP contribution >= 0.6 is 0 Å². The van der Waals surface area contributed by atoms with Crippen molar-refractivity contribution in [2.45, 2.75) is 78.9 Å². The number of rotatable bonds is 11. The van der Waals surface area contributed by atoms with Gasteiger partial charge in [-0.25, -0.2) is 9.59 Å². The Labute approximate surface area is 242 Å². The topological polar surface area (TPSA) is 166 Å². The van der Waals surface area contributed by atoms with E-state index in [1.54, 1.807) is 4.90 Å². The van der Waals surface area contributed by atoms with Gasteiger partial charge in [0.2, 0.25) is 17.6 Å². The molecule has 2 aliphatic heterocycles. The summed E-state index contributed by atoms with van der Waals surface area (Å²) in [5, 5.41) is 10.6. The second-order valence-corrected chi connectivity index (χ2v) is 12.6. The minimum Gasteiger partial charge on any atom is -0.449 e. The normalized spacial score (nSPS) is 19.0. The summed E-state index contributed by atoms with van der Waals surface area (Å²) in [6, 6.07) is -2.81. The third-order valence-electron chi connectivity index (χ3n) is 7.12. The van der Waals surface area contributed by atoms with Crippen LogP contribution in [-0.2, 0) is 23.9 Å². The number of carbonyl (C=O) groups excluding carboxylic acids is 6. The number of Topliss-reactive ketones (excluding diaryl/α,β-unsaturated/α-hetero) is 1. The molecule has 0 aliphatic carbocycles. The Balaban J connectivity index is 2.09. The number of urea groups is 1. The van der Waals surface area contributed by atoms with Crippen molar-refractivity contribution >= 4 is 35.6 Å². The number of hydrogen-bond acceptors (Lipinski definition) is 7. The quantitative estimate of drug-likeness (QED) is 0.209. The van der Waals surface area contributed by atoms with Crippen LogP contribution < -0.4 is 21.3 Å². The maximum absolute atomic E-state index is 13.7. The van der Waals surface area contributed by atoms with E-state index in [1.165, 1.54) is 11.0 Å². The molecule has 2 aliphatic rings. The Bertz CT molecular complexity index is 1020. The molecule has 0 aromatic carbocycles. The number of ether oxygens (including phenoxy) is 1. The number of carbonyl (C=O) groups is 6. The minimum absolute atomic E-state index is 0.124. The Hall–Kier alpha value is -3.64. The van der Waals surface area contributed by atoms with Gasteiger partial charge < -0.3 is 35.8 Å². The molecule has 41 heavy (non-hydrogen) atoms. The van der Waals surface area contributed by atoms with Crippen LogP contribution in [0.4, 0.5) is 9.59 Å². The van der Waals surface area contributed by atoms with Crippen molar-refractivity contribution in [3.8, 4) is 0 Å². The lowest BCUT2D eigenvalue weighted by Crippen LogP contribution is -2.61. The summed E-state index contributed by atoms with van der Waals surface area (Å²) in [6.45, 7) is 15.8. The van der Waals surface area contributed by atoms with Gasteiger partial charge in [0.1, 0.15) is 12.1 Å². The maximum Gasteiger partial charge on any atom is 0.409 e. The molecule has 2 saturated heterocycles. The van der Waals surface area contributed by atoms with Gasteiger partial charge in [-0.2, -0.15) is 0 Å². The molecule has 0 saturated carbocycles. The fourth-order valence-corrected chi connectivity index (χ4v) is 4.60. The number of likely N-dealkylation sites (tertiary alicyclic amines) is 1. The summed E-state index contributed by atoms with van der Waals surface area (Å²) < 4.78 is 5.13. The molecule has 13 heteroatoms. The first-order valence-corrected chi connectivity index (χ1v) is 14.0. The lowest BCUT2D eigenvalue weighted by Gasteiger charge is -2.38. The van der Waals surface area contributed by atoms with Gasteiger partial charge in [-0.05, 0) is 30.1 Å². The van der Waals surface area contributed by atoms with E-state index < -0.39 is 71.1 Å². The van der Waals surface area contributed by atoms with Gasteiger partial charge in [-0.1, -0.05) is 47.6 Å². The maximum atomic E-state index is 13.7. The standard InChI is InChI=1S/C28H46N6O7/c1-8-12-29-23(37)19(35)16-30-22(36)18-11-9-14-34(18)24(38)21(28(5,6)7)32-25(39)31-20(27(2,3)4)17-33-13-10-15-41-26(33)40/h8,18,20-21H,1,9-17H2,2-7H3,(H,29,37)(H,30,36)(H2,31,32,39)/t18-,20+,21+/m0/s1. The molecule has 3 atom stereocenters. The van der Waals surface area contributed by atoms with Crippen LogP contribution in [0.3, 0.4) is 0 Å². The van der Waals surface area contributed by atoms with Gasteiger partial charge >= 0.3 is 12.1 Å². The molecule has 0 radical (unpaired) electrons. The predicted molar refractivity (Wildman–Crippen MR) is 152 cm³/mol. The second kappa shape index (κ2) is 14.3. The van der Waals surface area contributed by atoms with Gasteiger partial charge in [-0.3, -0.25) is 19.2 Å². The fourth-order valence-electron chi connectivity index (χ4n) is 4.60. The van der Waals surface area contributed by atoms with Crippen molar-refractivity contribution in [2.24, 2.45) is 10.8 Å². The van der Waals surface area contributed by atoms with Crippen LogP contribution in [0.2, 0.25) is 0 Å². The van der Waals surface area contributed by atoms with E-state index in [9.17, 15) is 28.8 Å². The molecule has 13 nitrogen and oxygen atoms in total. The molecular weight excluding hydrogens is 532 g/mol. The summed E-state index contributed by atoms with van der Waals surface area (Å²) in [5.74, 6) is -2.61. The molecule has 6 amide bonds. The molecule has 0 aromatic heterocycles. The minimum atomic E-state index is -0.970. The molecule has 0 spiro atoms. The molecule has 0 aromatic rings. The zero-order chi connectivity index (χ0) is 31.0. The number of hydrogen-bond donors (Lipinski definition) is 4. The Morgan fingerprint density at radius 2 is 1.68 bits per heavy atom. The second-order valence-electron chi connectivity index (χ2n) is 12.6. The first-order chi connectivity index (χ1) is 19.1. The average Bonchev–Trinajstić information content (AvgIpc) is 3.38. The summed E-state index contributed by atoms with van der Waals surface area (Å²) in [7, 11) is 0. The number of amides is 6. The van der Waals surface area contributed by atoms with Crippen molar-refractivity contribution in [1.29, 1.82) is 0 Å². The molecular formula is C28H46N6O7. The fraction of sp³-hybridized carbons (Fsp3) is 0.714. The summed E-state index contributed by atoms with van der Waals surface area (Å²) in [4.78, 5) is 78.9. The lowest BCUT2D eigenvalue weighted by atomic mass is 9.85. The predicted octanol–water partition coefficient (Wildman–Crippen LogP) is 0.936. The average molecular weight is 579 g/mol. The summed E-state index contributed by atoms with van der Waals surface area (Å²) in [5.41, 5.74) is -1.11. The third-order valence-corrected chi connectivity index (χ3v) is 7.12. The monoisotopic (exact) mass is 578 g/mol. The van der Waals surface area contributed by atoms with Gasteiger partial charge in [0.05, 0.1) is 19.2 Å². The van der Waals surface area contributed by atoms with E-state index in [4.69, 9.17) is 4.74 Å². The first kappa shape index (κ1) is 33.6. The van der Waals surface area contributed by atoms with Gasteiger partial charge in [0.15, 0.2) is 0 Å². The van der Waals surface area contributed by atoms with Crippen molar-refractivity contribution in [1.82, 2.24) is 31.1 Å². The molecule has 4 N–H and O–H groups in total. The zero-order valence-electron chi connectivity index (χ0n) is 25.1. The van der Waals surface area contributed by atoms with Gasteiger partial charge in [0, 0.05) is 26.2 Å². The summed E-state index contributed by atoms with van der Waals surface area (Å²) in [6.07, 6.45) is 2.66. The van der Waals surface area contributed by atoms with E-state index >= 15 is 0 Å². The van der Waals surface area contributed by atoms with Crippen LogP contribution in [0.25, 0.3) is 0 Å². The Kier molecular flexibility index (Phi) is 11.7. The largest absolute Gasteiger partial charge is 0.449 e. The summed E-state index contributed by atoms with van der Waals surface area (Å²) >= 11 is 0. The first-order valence-electron chi connectivity index (χ1n) is 14.0. The van der Waals surface area contributed by atoms with E-state index in [1.807, 2.05) is 41.5 Å². The van der Waals surface area contributed by atoms with Crippen LogP contribution in [-0.4, -0.2) is 103 Å². The smallest absolute Gasteiger partial charge is 0.409 e. The van der Waals surface area contributed by atoms with Crippen molar-refractivity contribution in [3.63, 3.8) is 0 Å². The van der Waals surface area contributed by atoms with Crippen LogP contribution in [0.5, 0.6) is 0 Å². The van der Waals surface area contributed by atoms with E-state index in [0.29, 0.717) is 39.0 Å². The molecule has 2 heterocycles. The van der Waals surface area contributed by atoms with Crippen molar-refractivity contribution in [3.05, 3.63) is 12.7 Å². The third kappa shape index (κ3) is 9.75. The van der Waals surface area contributed by atoms with Crippen LogP contribution in [0, 0.1) is 10.8 Å². The number of nitrogens with one attached hydrogen (secondary N) is 4. The highest BCUT2D eigenvalue weighted by atomic mass is 16.6. The highest BCUT2D eigenvalue weighted by molar-refractivity contribution is 6.37. The molecule has 2 fully saturated rings. The zero-order valence-corrected chi connectivity index (χ0v) is 25.1. The van der Waals surface area contributed by atoms with E-state index in [-0.39, 0.29) is 13.1 Å². The van der Waals surface area contributed by atoms with Crippen molar-refractivity contribution in [2.75, 3.05) is 39.3 Å². The van der Waals surface area contributed by atoms with Crippen LogP contribution in [0.1, 0.15) is 60.8 Å². The SMILES string of the molecule is C=CCNC(=O)C(=O)CNC(=O)[C@@H]1CCCN1C(=O)[C@@H](NC(=O)N[C@H](CN1CCCOC1=O)C(C)(C)C)C(C)(C)C. The lowest BCUT2D eigenvalue weighted by molar-refractivity contribution is -0.142. The van der Waals surface area contributed by atoms with E-state index in [2.05, 4.69) is 27.8 Å². The van der Waals surface area contributed by atoms with Crippen LogP contribution in [0.15, 0.2) is 12.7 Å². The van der Waals surface area contributed by atoms with Gasteiger partial charge in [0.25, 0.3) is 5.91 Å². The molecule has 230 valence electrons. The number of nitrogens with zero attached hydrogens (tertiary/aromatic N) is 2. The number of cyclic esters (lactones) is 1. The van der Waals surface area contributed by atoms with E-state index in [0.717, 1.165) is 0 Å². The van der Waals surface area contributed by atoms with Gasteiger partial charge in [-0.15, -0.1) is 6.58 Å².